The predicted octanol–water partition coefficient (Wildman–Crippen LogP) is 6.33. The van der Waals surface area contributed by atoms with Gasteiger partial charge < -0.3 is 4.79 Å². The van der Waals surface area contributed by atoms with Gasteiger partial charge in [0.25, 0.3) is 0 Å². The zero-order valence-corrected chi connectivity index (χ0v) is 15.2. The van der Waals surface area contributed by atoms with E-state index in [0.717, 1.165) is 12.8 Å². The highest BCUT2D eigenvalue weighted by Crippen LogP contribution is 2.30. The van der Waals surface area contributed by atoms with Gasteiger partial charge in [-0.3, -0.25) is 0 Å². The number of aryl methyl sites for hydroxylation is 1. The highest BCUT2D eigenvalue weighted by molar-refractivity contribution is 9.10. The average Bonchev–Trinajstić information content (AvgIpc) is 2.75. The molecule has 0 saturated heterocycles. The predicted molar refractivity (Wildman–Crippen MR) is 92.7 cm³/mol. The van der Waals surface area contributed by atoms with Gasteiger partial charge in [-0.05, 0) is 60.5 Å². The fourth-order valence-electron chi connectivity index (χ4n) is 2.43. The topological polar surface area (TPSA) is 17.1 Å². The van der Waals surface area contributed by atoms with Crippen LogP contribution in [0, 0.1) is 0 Å². The molecule has 0 saturated carbocycles. The van der Waals surface area contributed by atoms with Gasteiger partial charge in [0.2, 0.25) is 0 Å². The third kappa shape index (κ3) is 7.03. The number of thiophene rings is 1. The quantitative estimate of drug-likeness (QED) is 0.422. The molecule has 0 aliphatic carbocycles. The summed E-state index contributed by atoms with van der Waals surface area (Å²) in [5, 5.41) is 2.24. The van der Waals surface area contributed by atoms with Gasteiger partial charge in [-0.25, -0.2) is 0 Å². The van der Waals surface area contributed by atoms with Crippen LogP contribution in [0.5, 0.6) is 0 Å². The third-order valence-electron chi connectivity index (χ3n) is 3.64. The first-order chi connectivity index (χ1) is 9.65. The summed E-state index contributed by atoms with van der Waals surface area (Å²) in [5.41, 5.74) is 1.54. The van der Waals surface area contributed by atoms with Gasteiger partial charge in [0, 0.05) is 21.2 Å². The molecule has 0 spiro atoms. The second kappa shape index (κ2) is 10.6. The molecule has 1 nitrogen and oxygen atoms in total. The minimum absolute atomic E-state index is 0.320. The maximum atomic E-state index is 10.9. The number of carbonyl (C=O) groups is 1. The van der Waals surface area contributed by atoms with Crippen LogP contribution in [-0.2, 0) is 17.6 Å². The summed E-state index contributed by atoms with van der Waals surface area (Å²) < 4.78 is 1.30. The van der Waals surface area contributed by atoms with Crippen LogP contribution in [0.3, 0.4) is 0 Å². The summed E-state index contributed by atoms with van der Waals surface area (Å²) in [6, 6.07) is 0. The molecule has 0 radical (unpaired) electrons. The smallest absolute Gasteiger partial charge is 0.129 e. The van der Waals surface area contributed by atoms with E-state index in [2.05, 4.69) is 28.2 Å². The van der Waals surface area contributed by atoms with Gasteiger partial charge in [0.15, 0.2) is 0 Å². The van der Waals surface area contributed by atoms with Crippen molar-refractivity contribution in [3.05, 3.63) is 20.3 Å². The Morgan fingerprint density at radius 3 is 2.50 bits per heavy atom. The fraction of sp³-hybridized carbons (Fsp3) is 0.706. The lowest BCUT2D eigenvalue weighted by Gasteiger charge is -2.05. The number of rotatable bonds is 11. The molecule has 1 rings (SSSR count). The van der Waals surface area contributed by atoms with E-state index in [9.17, 15) is 4.79 Å². The first-order valence-corrected chi connectivity index (χ1v) is 9.56. The normalized spacial score (nSPS) is 10.9. The lowest BCUT2D eigenvalue weighted by molar-refractivity contribution is -0.117. The van der Waals surface area contributed by atoms with E-state index in [1.807, 2.05) is 11.3 Å². The molecular formula is C17H27BrOS. The van der Waals surface area contributed by atoms with Crippen LogP contribution < -0.4 is 0 Å². The summed E-state index contributed by atoms with van der Waals surface area (Å²) in [6.07, 6.45) is 11.9. The van der Waals surface area contributed by atoms with Crippen LogP contribution in [0.15, 0.2) is 9.85 Å². The Kier molecular flexibility index (Phi) is 9.45. The number of hydrogen-bond donors (Lipinski definition) is 0. The molecule has 0 atom stereocenters. The van der Waals surface area contributed by atoms with E-state index in [1.54, 1.807) is 11.8 Å². The number of hydrogen-bond acceptors (Lipinski definition) is 2. The van der Waals surface area contributed by atoms with Crippen molar-refractivity contribution in [2.75, 3.05) is 0 Å². The summed E-state index contributed by atoms with van der Waals surface area (Å²) in [7, 11) is 0. The number of unbranched alkanes of at least 4 members (excludes halogenated alkanes) is 5. The molecule has 0 aliphatic rings. The van der Waals surface area contributed by atoms with Crippen molar-refractivity contribution in [3.63, 3.8) is 0 Å². The monoisotopic (exact) mass is 358 g/mol. The summed E-state index contributed by atoms with van der Waals surface area (Å²) in [4.78, 5) is 12.5. The van der Waals surface area contributed by atoms with Crippen LogP contribution in [0.4, 0.5) is 0 Å². The molecule has 0 fully saturated rings. The molecular weight excluding hydrogens is 332 g/mol. The Hall–Kier alpha value is -0.150. The van der Waals surface area contributed by atoms with E-state index >= 15 is 0 Å². The SMILES string of the molecule is CCCCCCc1c(Br)csc1CCCCCC(C)=O. The molecule has 0 N–H and O–H groups in total. The van der Waals surface area contributed by atoms with E-state index in [1.165, 1.54) is 61.4 Å². The van der Waals surface area contributed by atoms with Crippen LogP contribution in [0.25, 0.3) is 0 Å². The van der Waals surface area contributed by atoms with Gasteiger partial charge in [-0.15, -0.1) is 11.3 Å². The van der Waals surface area contributed by atoms with Gasteiger partial charge >= 0.3 is 0 Å². The van der Waals surface area contributed by atoms with Crippen molar-refractivity contribution in [3.8, 4) is 0 Å². The number of ketones is 1. The highest BCUT2D eigenvalue weighted by atomic mass is 79.9. The Balaban J connectivity index is 2.32. The van der Waals surface area contributed by atoms with E-state index in [4.69, 9.17) is 0 Å². The van der Waals surface area contributed by atoms with Crippen molar-refractivity contribution >= 4 is 33.0 Å². The van der Waals surface area contributed by atoms with E-state index in [-0.39, 0.29) is 0 Å². The molecule has 3 heteroatoms. The Labute approximate surface area is 136 Å². The molecule has 0 aromatic carbocycles. The Bertz CT molecular complexity index is 398. The number of carbonyl (C=O) groups excluding carboxylic acids is 1. The summed E-state index contributed by atoms with van der Waals surface area (Å²) in [5.74, 6) is 0.320. The second-order valence-electron chi connectivity index (χ2n) is 5.56. The van der Waals surface area contributed by atoms with Crippen molar-refractivity contribution in [1.29, 1.82) is 0 Å². The molecule has 0 bridgehead atoms. The Morgan fingerprint density at radius 1 is 1.10 bits per heavy atom. The molecule has 1 heterocycles. The first kappa shape index (κ1) is 17.9. The number of Topliss-reactive ketones (excluding diaryl/α,β-unsaturated/α-hetero) is 1. The third-order valence-corrected chi connectivity index (χ3v) is 5.74. The molecule has 20 heavy (non-hydrogen) atoms. The minimum Gasteiger partial charge on any atom is -0.300 e. The van der Waals surface area contributed by atoms with Crippen LogP contribution in [0.1, 0.15) is 75.7 Å². The molecule has 0 amide bonds. The zero-order valence-electron chi connectivity index (χ0n) is 12.8. The van der Waals surface area contributed by atoms with Gasteiger partial charge in [-0.2, -0.15) is 0 Å². The largest absolute Gasteiger partial charge is 0.300 e. The molecule has 0 aliphatic heterocycles. The number of halogens is 1. The lowest BCUT2D eigenvalue weighted by atomic mass is 10.0. The van der Waals surface area contributed by atoms with Crippen molar-refractivity contribution in [2.45, 2.75) is 78.1 Å². The average molecular weight is 359 g/mol. The summed E-state index contributed by atoms with van der Waals surface area (Å²) >= 11 is 5.58. The Morgan fingerprint density at radius 2 is 1.80 bits per heavy atom. The first-order valence-electron chi connectivity index (χ1n) is 7.89. The van der Waals surface area contributed by atoms with Gasteiger partial charge in [0.05, 0.1) is 0 Å². The zero-order chi connectivity index (χ0) is 14.8. The maximum absolute atomic E-state index is 10.9. The van der Waals surface area contributed by atoms with Crippen LogP contribution in [0.2, 0.25) is 0 Å². The highest BCUT2D eigenvalue weighted by Gasteiger charge is 2.09. The van der Waals surface area contributed by atoms with Crippen molar-refractivity contribution < 1.29 is 4.79 Å². The van der Waals surface area contributed by atoms with E-state index in [0.29, 0.717) is 5.78 Å². The minimum atomic E-state index is 0.320. The van der Waals surface area contributed by atoms with Crippen LogP contribution in [-0.4, -0.2) is 5.78 Å². The van der Waals surface area contributed by atoms with Gasteiger partial charge in [-0.1, -0.05) is 32.6 Å². The molecule has 0 unspecified atom stereocenters. The maximum Gasteiger partial charge on any atom is 0.129 e. The van der Waals surface area contributed by atoms with E-state index < -0.39 is 0 Å². The lowest BCUT2D eigenvalue weighted by Crippen LogP contribution is -1.93. The standard InChI is InChI=1S/C17H27BrOS/c1-3-4-5-8-11-15-16(18)13-20-17(15)12-9-6-7-10-14(2)19/h13H,3-12H2,1-2H3. The van der Waals surface area contributed by atoms with Gasteiger partial charge in [0.1, 0.15) is 5.78 Å². The molecule has 114 valence electrons. The molecule has 1 aromatic rings. The van der Waals surface area contributed by atoms with Crippen molar-refractivity contribution in [1.82, 2.24) is 0 Å². The summed E-state index contributed by atoms with van der Waals surface area (Å²) in [6.45, 7) is 3.94. The fourth-order valence-corrected chi connectivity index (χ4v) is 4.29. The second-order valence-corrected chi connectivity index (χ2v) is 7.38. The van der Waals surface area contributed by atoms with Crippen molar-refractivity contribution in [2.24, 2.45) is 0 Å². The molecule has 1 aromatic heterocycles. The van der Waals surface area contributed by atoms with Crippen LogP contribution >= 0.6 is 27.3 Å².